The van der Waals surface area contributed by atoms with Crippen LogP contribution in [0.5, 0.6) is 0 Å². The maximum Gasteiger partial charge on any atom is 0.354 e. The van der Waals surface area contributed by atoms with E-state index < -0.39 is 17.8 Å². The molecule has 1 amide bonds. The number of aromatic carboxylic acids is 1. The molecule has 2 N–H and O–H groups in total. The maximum absolute atomic E-state index is 12.2. The topological polar surface area (TPSA) is 111 Å². The number of carbonyl (C=O) groups is 3. The van der Waals surface area contributed by atoms with Gasteiger partial charge in [0.25, 0.3) is 0 Å². The number of aromatic nitrogens is 2. The van der Waals surface area contributed by atoms with Gasteiger partial charge in [0.15, 0.2) is 0 Å². The molecule has 8 nitrogen and oxygen atoms in total. The third-order valence-electron chi connectivity index (χ3n) is 3.43. The van der Waals surface area contributed by atoms with Crippen molar-refractivity contribution in [3.05, 3.63) is 34.0 Å². The smallest absolute Gasteiger partial charge is 0.354 e. The second-order valence-electron chi connectivity index (χ2n) is 4.91. The lowest BCUT2D eigenvalue weighted by molar-refractivity contribution is -0.116. The fraction of sp³-hybridized carbons (Fsp3) is 0.333. The summed E-state index contributed by atoms with van der Waals surface area (Å²) in [6.07, 6.45) is 1.94. The van der Waals surface area contributed by atoms with Crippen LogP contribution in [0.15, 0.2) is 12.3 Å². The number of aryl methyl sites for hydroxylation is 1. The Labute approximate surface area is 142 Å². The molecule has 0 aliphatic carbocycles. The van der Waals surface area contributed by atoms with E-state index in [4.69, 9.17) is 9.84 Å². The van der Waals surface area contributed by atoms with E-state index in [9.17, 15) is 14.4 Å². The molecule has 0 aromatic carbocycles. The van der Waals surface area contributed by atoms with Crippen LogP contribution in [-0.4, -0.2) is 39.8 Å². The minimum absolute atomic E-state index is 0.0880. The molecule has 2 aromatic rings. The second-order valence-corrected chi connectivity index (χ2v) is 6.14. The van der Waals surface area contributed by atoms with Crippen molar-refractivity contribution in [1.29, 1.82) is 0 Å². The molecule has 0 aliphatic heterocycles. The number of hydrogen-bond donors (Lipinski definition) is 2. The molecule has 0 saturated carbocycles. The van der Waals surface area contributed by atoms with E-state index in [2.05, 4.69) is 10.4 Å². The standard InChI is InChI=1S/C15H17N3O5S/c1-4-9-8(2)24-13(12(9)15(22)23-3)17-11(19)7-18-10(14(20)21)5-6-16-18/h5-6H,4,7H2,1-3H3,(H,17,19)(H,20,21). The van der Waals surface area contributed by atoms with Gasteiger partial charge in [-0.3, -0.25) is 4.79 Å². The number of carboxylic acids is 1. The van der Waals surface area contributed by atoms with Crippen molar-refractivity contribution < 1.29 is 24.2 Å². The number of carbonyl (C=O) groups excluding carboxylic acids is 2. The van der Waals surface area contributed by atoms with Gasteiger partial charge in [0.1, 0.15) is 17.2 Å². The monoisotopic (exact) mass is 351 g/mol. The average molecular weight is 351 g/mol. The molecule has 0 unspecified atom stereocenters. The number of methoxy groups -OCH3 is 1. The highest BCUT2D eigenvalue weighted by atomic mass is 32.1. The molecule has 2 aromatic heterocycles. The van der Waals surface area contributed by atoms with Gasteiger partial charge in [0.05, 0.1) is 12.7 Å². The predicted octanol–water partition coefficient (Wildman–Crippen LogP) is 1.94. The van der Waals surface area contributed by atoms with Crippen LogP contribution in [0.3, 0.4) is 0 Å². The number of ether oxygens (including phenoxy) is 1. The van der Waals surface area contributed by atoms with Crippen molar-refractivity contribution in [1.82, 2.24) is 9.78 Å². The molecule has 2 rings (SSSR count). The van der Waals surface area contributed by atoms with Crippen LogP contribution in [-0.2, 0) is 22.5 Å². The fourth-order valence-electron chi connectivity index (χ4n) is 2.35. The first-order chi connectivity index (χ1) is 11.4. The number of amides is 1. The van der Waals surface area contributed by atoms with Gasteiger partial charge < -0.3 is 15.2 Å². The van der Waals surface area contributed by atoms with E-state index in [-0.39, 0.29) is 12.2 Å². The fourth-order valence-corrected chi connectivity index (χ4v) is 3.50. The summed E-state index contributed by atoms with van der Waals surface area (Å²) in [7, 11) is 1.28. The zero-order chi connectivity index (χ0) is 17.9. The molecule has 0 radical (unpaired) electrons. The summed E-state index contributed by atoms with van der Waals surface area (Å²) in [5.41, 5.74) is 1.08. The largest absolute Gasteiger partial charge is 0.477 e. The van der Waals surface area contributed by atoms with Crippen molar-refractivity contribution in [2.75, 3.05) is 12.4 Å². The van der Waals surface area contributed by atoms with Crippen molar-refractivity contribution in [3.8, 4) is 0 Å². The van der Waals surface area contributed by atoms with Gasteiger partial charge in [0.2, 0.25) is 5.91 Å². The normalized spacial score (nSPS) is 10.5. The first-order valence-electron chi connectivity index (χ1n) is 7.14. The molecule has 0 bridgehead atoms. The third kappa shape index (κ3) is 3.46. The van der Waals surface area contributed by atoms with Crippen LogP contribution in [0, 0.1) is 6.92 Å². The first kappa shape index (κ1) is 17.7. The Hall–Kier alpha value is -2.68. The van der Waals surface area contributed by atoms with Gasteiger partial charge in [-0.1, -0.05) is 6.92 Å². The van der Waals surface area contributed by atoms with Gasteiger partial charge in [0, 0.05) is 11.1 Å². The summed E-state index contributed by atoms with van der Waals surface area (Å²) < 4.78 is 5.87. The van der Waals surface area contributed by atoms with Crippen molar-refractivity contribution >= 4 is 34.2 Å². The molecule has 0 aliphatic rings. The summed E-state index contributed by atoms with van der Waals surface area (Å²) in [4.78, 5) is 36.2. The minimum Gasteiger partial charge on any atom is -0.477 e. The summed E-state index contributed by atoms with van der Waals surface area (Å²) in [6.45, 7) is 3.51. The summed E-state index contributed by atoms with van der Waals surface area (Å²) >= 11 is 1.28. The summed E-state index contributed by atoms with van der Waals surface area (Å²) in [5, 5.41) is 15.9. The number of esters is 1. The van der Waals surface area contributed by atoms with Crippen LogP contribution in [0.25, 0.3) is 0 Å². The number of rotatable bonds is 6. The number of nitrogens with one attached hydrogen (secondary N) is 1. The van der Waals surface area contributed by atoms with Crippen LogP contribution in [0.2, 0.25) is 0 Å². The van der Waals surface area contributed by atoms with Crippen LogP contribution in [0.1, 0.15) is 38.2 Å². The van der Waals surface area contributed by atoms with E-state index >= 15 is 0 Å². The Morgan fingerprint density at radius 2 is 2.12 bits per heavy atom. The zero-order valence-corrected chi connectivity index (χ0v) is 14.3. The van der Waals surface area contributed by atoms with E-state index in [0.29, 0.717) is 17.0 Å². The highest BCUT2D eigenvalue weighted by Crippen LogP contribution is 2.34. The van der Waals surface area contributed by atoms with Crippen molar-refractivity contribution in [2.24, 2.45) is 0 Å². The van der Waals surface area contributed by atoms with Gasteiger partial charge >= 0.3 is 11.9 Å². The average Bonchev–Trinajstić information content (AvgIpc) is 3.10. The molecule has 0 spiro atoms. The van der Waals surface area contributed by atoms with Crippen LogP contribution < -0.4 is 5.32 Å². The number of hydrogen-bond acceptors (Lipinski definition) is 6. The van der Waals surface area contributed by atoms with Gasteiger partial charge in [-0.15, -0.1) is 11.3 Å². The summed E-state index contributed by atoms with van der Waals surface area (Å²) in [5.74, 6) is -2.16. The van der Waals surface area contributed by atoms with Crippen LogP contribution >= 0.6 is 11.3 Å². The molecule has 24 heavy (non-hydrogen) atoms. The number of nitrogens with zero attached hydrogens (tertiary/aromatic N) is 2. The Kier molecular flexibility index (Phi) is 5.35. The van der Waals surface area contributed by atoms with Gasteiger partial charge in [-0.25, -0.2) is 14.3 Å². The van der Waals surface area contributed by atoms with Crippen molar-refractivity contribution in [2.45, 2.75) is 26.8 Å². The Morgan fingerprint density at radius 1 is 1.42 bits per heavy atom. The molecule has 128 valence electrons. The van der Waals surface area contributed by atoms with Crippen LogP contribution in [0.4, 0.5) is 5.00 Å². The molecule has 2 heterocycles. The third-order valence-corrected chi connectivity index (χ3v) is 4.50. The van der Waals surface area contributed by atoms with E-state index in [1.165, 1.54) is 30.7 Å². The van der Waals surface area contributed by atoms with Gasteiger partial charge in [-0.2, -0.15) is 5.10 Å². The highest BCUT2D eigenvalue weighted by molar-refractivity contribution is 7.16. The van der Waals surface area contributed by atoms with Gasteiger partial charge in [-0.05, 0) is 25.0 Å². The molecule has 0 fully saturated rings. The zero-order valence-electron chi connectivity index (χ0n) is 13.5. The highest BCUT2D eigenvalue weighted by Gasteiger charge is 2.23. The van der Waals surface area contributed by atoms with Crippen molar-refractivity contribution in [3.63, 3.8) is 0 Å². The number of anilines is 1. The number of carboxylic acid groups (broad SMARTS) is 1. The SMILES string of the molecule is CCc1c(C)sc(NC(=O)Cn2nccc2C(=O)O)c1C(=O)OC. The quantitative estimate of drug-likeness (QED) is 0.770. The Bertz CT molecular complexity index is 793. The Balaban J connectivity index is 2.24. The van der Waals surface area contributed by atoms with E-state index in [1.807, 2.05) is 13.8 Å². The second kappa shape index (κ2) is 7.26. The minimum atomic E-state index is -1.17. The molecule has 0 atom stereocenters. The van der Waals surface area contributed by atoms with E-state index in [1.54, 1.807) is 0 Å². The lowest BCUT2D eigenvalue weighted by Crippen LogP contribution is -2.22. The molecular formula is C15H17N3O5S. The number of thiophene rings is 1. The molecular weight excluding hydrogens is 334 g/mol. The predicted molar refractivity (Wildman–Crippen MR) is 87.6 cm³/mol. The maximum atomic E-state index is 12.2. The molecule has 9 heteroatoms. The lowest BCUT2D eigenvalue weighted by atomic mass is 10.1. The summed E-state index contributed by atoms with van der Waals surface area (Å²) in [6, 6.07) is 1.31. The van der Waals surface area contributed by atoms with E-state index in [0.717, 1.165) is 15.1 Å². The first-order valence-corrected chi connectivity index (χ1v) is 7.96. The molecule has 0 saturated heterocycles. The Morgan fingerprint density at radius 3 is 2.71 bits per heavy atom. The lowest BCUT2D eigenvalue weighted by Gasteiger charge is -2.08.